The SMILES string of the molecule is CN(Cc1ccc(N(C)C)cc1)C(=O)COC(=O)c1ccc2ncsc2c1. The minimum atomic E-state index is -0.512. The number of carbonyl (C=O) groups is 2. The second-order valence-corrected chi connectivity index (χ2v) is 7.31. The summed E-state index contributed by atoms with van der Waals surface area (Å²) in [4.78, 5) is 32.2. The van der Waals surface area contributed by atoms with Crippen molar-refractivity contribution >= 4 is 39.1 Å². The Hall–Kier alpha value is -2.93. The van der Waals surface area contributed by atoms with E-state index in [1.165, 1.54) is 11.3 Å². The van der Waals surface area contributed by atoms with Crippen molar-refractivity contribution in [2.45, 2.75) is 6.54 Å². The van der Waals surface area contributed by atoms with E-state index < -0.39 is 5.97 Å². The first-order valence-electron chi connectivity index (χ1n) is 8.44. The number of carbonyl (C=O) groups excluding carboxylic acids is 2. The molecule has 3 rings (SSSR count). The number of hydrogen-bond acceptors (Lipinski definition) is 6. The molecule has 0 unspecified atom stereocenters. The number of nitrogens with zero attached hydrogens (tertiary/aromatic N) is 3. The normalized spacial score (nSPS) is 10.6. The smallest absolute Gasteiger partial charge is 0.338 e. The van der Waals surface area contributed by atoms with E-state index in [2.05, 4.69) is 4.98 Å². The monoisotopic (exact) mass is 383 g/mol. The highest BCUT2D eigenvalue weighted by atomic mass is 32.1. The van der Waals surface area contributed by atoms with Crippen molar-refractivity contribution in [3.05, 3.63) is 59.1 Å². The van der Waals surface area contributed by atoms with Gasteiger partial charge in [-0.05, 0) is 35.9 Å². The molecule has 1 amide bonds. The highest BCUT2D eigenvalue weighted by molar-refractivity contribution is 7.16. The minimum absolute atomic E-state index is 0.251. The molecular weight excluding hydrogens is 362 g/mol. The summed E-state index contributed by atoms with van der Waals surface area (Å²) >= 11 is 1.46. The van der Waals surface area contributed by atoms with Crippen LogP contribution in [-0.4, -0.2) is 49.5 Å². The minimum Gasteiger partial charge on any atom is -0.452 e. The van der Waals surface area contributed by atoms with Gasteiger partial charge in [-0.25, -0.2) is 9.78 Å². The molecule has 2 aromatic carbocycles. The maximum Gasteiger partial charge on any atom is 0.338 e. The fraction of sp³-hybridized carbons (Fsp3) is 0.250. The quantitative estimate of drug-likeness (QED) is 0.612. The number of likely N-dealkylation sites (N-methyl/N-ethyl adjacent to an activating group) is 1. The number of rotatable bonds is 6. The van der Waals surface area contributed by atoms with E-state index in [-0.39, 0.29) is 12.5 Å². The number of aromatic nitrogens is 1. The van der Waals surface area contributed by atoms with Crippen molar-refractivity contribution in [1.29, 1.82) is 0 Å². The highest BCUT2D eigenvalue weighted by Crippen LogP contribution is 2.19. The Balaban J connectivity index is 1.53. The first-order chi connectivity index (χ1) is 12.9. The molecule has 0 aliphatic rings. The molecular formula is C20H21N3O3S. The number of esters is 1. The standard InChI is InChI=1S/C20H21N3O3S/c1-22(2)16-7-4-14(5-8-16)11-23(3)19(24)12-26-20(25)15-6-9-17-18(10-15)27-13-21-17/h4-10,13H,11-12H2,1-3H3. The zero-order chi connectivity index (χ0) is 19.4. The van der Waals surface area contributed by atoms with E-state index in [4.69, 9.17) is 4.74 Å². The van der Waals surface area contributed by atoms with Crippen molar-refractivity contribution in [3.63, 3.8) is 0 Å². The van der Waals surface area contributed by atoms with Gasteiger partial charge < -0.3 is 14.5 Å². The molecule has 0 saturated carbocycles. The lowest BCUT2D eigenvalue weighted by Gasteiger charge is -2.18. The summed E-state index contributed by atoms with van der Waals surface area (Å²) in [5.74, 6) is -0.763. The van der Waals surface area contributed by atoms with Crippen LogP contribution in [0.4, 0.5) is 5.69 Å². The fourth-order valence-electron chi connectivity index (χ4n) is 2.56. The Morgan fingerprint density at radius 3 is 2.52 bits per heavy atom. The maximum atomic E-state index is 12.3. The first kappa shape index (κ1) is 18.8. The van der Waals surface area contributed by atoms with Crippen molar-refractivity contribution in [2.75, 3.05) is 32.6 Å². The van der Waals surface area contributed by atoms with Crippen LogP contribution in [0.2, 0.25) is 0 Å². The Morgan fingerprint density at radius 1 is 1.07 bits per heavy atom. The number of fused-ring (bicyclic) bond motifs is 1. The molecule has 0 aliphatic heterocycles. The van der Waals surface area contributed by atoms with Gasteiger partial charge in [0.15, 0.2) is 6.61 Å². The van der Waals surface area contributed by atoms with E-state index in [0.717, 1.165) is 21.5 Å². The van der Waals surface area contributed by atoms with Crippen LogP contribution in [0.3, 0.4) is 0 Å². The van der Waals surface area contributed by atoms with Gasteiger partial charge in [0, 0.05) is 33.4 Å². The topological polar surface area (TPSA) is 62.7 Å². The van der Waals surface area contributed by atoms with Crippen LogP contribution < -0.4 is 4.90 Å². The number of benzene rings is 2. The van der Waals surface area contributed by atoms with Gasteiger partial charge in [0.25, 0.3) is 5.91 Å². The molecule has 0 spiro atoms. The van der Waals surface area contributed by atoms with Crippen LogP contribution in [0.15, 0.2) is 48.0 Å². The van der Waals surface area contributed by atoms with Crippen LogP contribution in [0.1, 0.15) is 15.9 Å². The van der Waals surface area contributed by atoms with Crippen LogP contribution in [0, 0.1) is 0 Å². The summed E-state index contributed by atoms with van der Waals surface area (Å²) in [7, 11) is 5.65. The van der Waals surface area contributed by atoms with Gasteiger partial charge in [0.1, 0.15) is 0 Å². The number of hydrogen-bond donors (Lipinski definition) is 0. The third-order valence-electron chi connectivity index (χ3n) is 4.19. The maximum absolute atomic E-state index is 12.3. The second-order valence-electron chi connectivity index (χ2n) is 6.42. The highest BCUT2D eigenvalue weighted by Gasteiger charge is 2.14. The van der Waals surface area contributed by atoms with E-state index in [1.54, 1.807) is 35.7 Å². The molecule has 1 heterocycles. The molecule has 140 valence electrons. The molecule has 0 N–H and O–H groups in total. The Kier molecular flexibility index (Phi) is 5.71. The van der Waals surface area contributed by atoms with Crippen LogP contribution >= 0.6 is 11.3 Å². The summed E-state index contributed by atoms with van der Waals surface area (Å²) in [5, 5.41) is 0. The molecule has 0 atom stereocenters. The van der Waals surface area contributed by atoms with Crippen LogP contribution in [-0.2, 0) is 16.1 Å². The third kappa shape index (κ3) is 4.62. The van der Waals surface area contributed by atoms with Crippen molar-refractivity contribution < 1.29 is 14.3 Å². The summed E-state index contributed by atoms with van der Waals surface area (Å²) < 4.78 is 6.08. The molecule has 6 nitrogen and oxygen atoms in total. The van der Waals surface area contributed by atoms with Crippen LogP contribution in [0.25, 0.3) is 10.2 Å². The summed E-state index contributed by atoms with van der Waals surface area (Å²) in [6.07, 6.45) is 0. The van der Waals surface area contributed by atoms with Gasteiger partial charge in [-0.15, -0.1) is 11.3 Å². The molecule has 0 saturated heterocycles. The lowest BCUT2D eigenvalue weighted by molar-refractivity contribution is -0.133. The van der Waals surface area contributed by atoms with E-state index in [1.807, 2.05) is 43.3 Å². The Bertz CT molecular complexity index is 951. The number of thiazole rings is 1. The van der Waals surface area contributed by atoms with Gasteiger partial charge in [-0.1, -0.05) is 12.1 Å². The van der Waals surface area contributed by atoms with Crippen molar-refractivity contribution in [3.8, 4) is 0 Å². The predicted octanol–water partition coefficient (Wildman–Crippen LogP) is 3.18. The number of amides is 1. The van der Waals surface area contributed by atoms with E-state index >= 15 is 0 Å². The average molecular weight is 383 g/mol. The molecule has 0 bridgehead atoms. The zero-order valence-corrected chi connectivity index (χ0v) is 16.3. The van der Waals surface area contributed by atoms with Crippen molar-refractivity contribution in [2.24, 2.45) is 0 Å². The summed E-state index contributed by atoms with van der Waals surface area (Å²) in [6, 6.07) is 13.1. The molecule has 3 aromatic rings. The predicted molar refractivity (Wildman–Crippen MR) is 107 cm³/mol. The molecule has 7 heteroatoms. The number of anilines is 1. The van der Waals surface area contributed by atoms with Crippen LogP contribution in [0.5, 0.6) is 0 Å². The average Bonchev–Trinajstić information content (AvgIpc) is 3.13. The van der Waals surface area contributed by atoms with Gasteiger partial charge in [0.2, 0.25) is 0 Å². The number of ether oxygens (including phenoxy) is 1. The fourth-order valence-corrected chi connectivity index (χ4v) is 3.28. The molecule has 0 fully saturated rings. The third-order valence-corrected chi connectivity index (χ3v) is 4.98. The van der Waals surface area contributed by atoms with Gasteiger partial charge in [-0.3, -0.25) is 4.79 Å². The molecule has 1 aromatic heterocycles. The molecule has 27 heavy (non-hydrogen) atoms. The Morgan fingerprint density at radius 2 is 1.81 bits per heavy atom. The summed E-state index contributed by atoms with van der Waals surface area (Å²) in [6.45, 7) is 0.169. The lowest BCUT2D eigenvalue weighted by Crippen LogP contribution is -2.30. The van der Waals surface area contributed by atoms with Crippen molar-refractivity contribution in [1.82, 2.24) is 9.88 Å². The van der Waals surface area contributed by atoms with Gasteiger partial charge >= 0.3 is 5.97 Å². The molecule has 0 radical (unpaired) electrons. The second kappa shape index (κ2) is 8.18. The van der Waals surface area contributed by atoms with Gasteiger partial charge in [-0.2, -0.15) is 0 Å². The Labute approximate surface area is 162 Å². The van der Waals surface area contributed by atoms with Gasteiger partial charge in [0.05, 0.1) is 21.3 Å². The first-order valence-corrected chi connectivity index (χ1v) is 9.32. The molecule has 0 aliphatic carbocycles. The largest absolute Gasteiger partial charge is 0.452 e. The van der Waals surface area contributed by atoms with E-state index in [0.29, 0.717) is 12.1 Å². The summed E-state index contributed by atoms with van der Waals surface area (Å²) in [5.41, 5.74) is 5.09. The van der Waals surface area contributed by atoms with E-state index in [9.17, 15) is 9.59 Å². The lowest BCUT2D eigenvalue weighted by atomic mass is 10.2. The zero-order valence-electron chi connectivity index (χ0n) is 15.5.